The van der Waals surface area contributed by atoms with Crippen molar-refractivity contribution in [2.24, 2.45) is 0 Å². The Labute approximate surface area is 217 Å². The lowest BCUT2D eigenvalue weighted by molar-refractivity contribution is -0.904. The molecule has 36 heavy (non-hydrogen) atoms. The highest BCUT2D eigenvalue weighted by atomic mass is 16.5. The minimum absolute atomic E-state index is 0.102. The second kappa shape index (κ2) is 17.5. The molecule has 0 aliphatic carbocycles. The smallest absolute Gasteiger partial charge is 0.259 e. The molecule has 0 aromatic heterocycles. The van der Waals surface area contributed by atoms with Gasteiger partial charge in [-0.1, -0.05) is 44.7 Å². The van der Waals surface area contributed by atoms with Crippen molar-refractivity contribution in [1.82, 2.24) is 5.32 Å². The lowest BCUT2D eigenvalue weighted by Crippen LogP contribution is -2.48. The van der Waals surface area contributed by atoms with Crippen molar-refractivity contribution in [3.63, 3.8) is 0 Å². The molecule has 0 aliphatic rings. The number of likely N-dealkylation sites (N-methyl/N-ethyl adjacent to an activating group) is 1. The summed E-state index contributed by atoms with van der Waals surface area (Å²) in [5.41, 5.74) is 1.72. The molecule has 2 aromatic carbocycles. The van der Waals surface area contributed by atoms with E-state index in [2.05, 4.69) is 38.5 Å². The van der Waals surface area contributed by atoms with Gasteiger partial charge in [0.2, 0.25) is 0 Å². The van der Waals surface area contributed by atoms with Crippen LogP contribution in [0, 0.1) is 0 Å². The molecule has 0 heterocycles. The Morgan fingerprint density at radius 2 is 1.50 bits per heavy atom. The van der Waals surface area contributed by atoms with Gasteiger partial charge in [0.15, 0.2) is 0 Å². The fourth-order valence-electron chi connectivity index (χ4n) is 3.65. The molecule has 0 saturated carbocycles. The van der Waals surface area contributed by atoms with Crippen molar-refractivity contribution in [2.45, 2.75) is 52.9 Å². The number of aliphatic hydroxyl groups is 1. The Kier molecular flexibility index (Phi) is 15.1. The van der Waals surface area contributed by atoms with Gasteiger partial charge in [-0.3, -0.25) is 9.59 Å². The summed E-state index contributed by atoms with van der Waals surface area (Å²) in [6.45, 7) is 10.7. The molecule has 2 rings (SSSR count). The van der Waals surface area contributed by atoms with Crippen LogP contribution in [0.25, 0.3) is 0 Å². The number of nitrogens with zero attached hydrogens (tertiary/aromatic N) is 1. The van der Waals surface area contributed by atoms with E-state index in [1.165, 1.54) is 19.3 Å². The summed E-state index contributed by atoms with van der Waals surface area (Å²) < 4.78 is 6.82. The van der Waals surface area contributed by atoms with Crippen LogP contribution >= 0.6 is 0 Å². The van der Waals surface area contributed by atoms with Crippen LogP contribution < -0.4 is 15.4 Å². The molecular weight excluding hydrogens is 454 g/mol. The van der Waals surface area contributed by atoms with Crippen molar-refractivity contribution in [1.29, 1.82) is 0 Å². The topological polar surface area (TPSA) is 87.7 Å². The monoisotopic (exact) mass is 500 g/mol. The maximum absolute atomic E-state index is 12.8. The second-order valence-electron chi connectivity index (χ2n) is 9.02. The normalized spacial score (nSPS) is 10.7. The van der Waals surface area contributed by atoms with Crippen LogP contribution in [0.2, 0.25) is 0 Å². The molecule has 200 valence electrons. The van der Waals surface area contributed by atoms with E-state index in [-0.39, 0.29) is 11.8 Å². The van der Waals surface area contributed by atoms with E-state index in [1.807, 2.05) is 18.2 Å². The van der Waals surface area contributed by atoms with E-state index >= 15 is 0 Å². The number of rotatable bonds is 15. The van der Waals surface area contributed by atoms with Gasteiger partial charge in [0.1, 0.15) is 5.75 Å². The van der Waals surface area contributed by atoms with E-state index in [9.17, 15) is 9.59 Å². The fraction of sp³-hybridized carbons (Fsp3) is 0.517. The minimum Gasteiger partial charge on any atom is -0.493 e. The van der Waals surface area contributed by atoms with Gasteiger partial charge in [-0.15, -0.1) is 0 Å². The van der Waals surface area contributed by atoms with Gasteiger partial charge in [-0.2, -0.15) is 0 Å². The number of nitrogens with one attached hydrogen (secondary N) is 2. The summed E-state index contributed by atoms with van der Waals surface area (Å²) in [5, 5.41) is 12.9. The quantitative estimate of drug-likeness (QED) is 0.234. The Balaban J connectivity index is 0.00000316. The molecule has 0 saturated heterocycles. The first kappa shape index (κ1) is 31.1. The lowest BCUT2D eigenvalue weighted by Gasteiger charge is -2.32. The number of hydrogen-bond donors (Lipinski definition) is 3. The summed E-state index contributed by atoms with van der Waals surface area (Å²) in [7, 11) is 3.19. The summed E-state index contributed by atoms with van der Waals surface area (Å²) >= 11 is 0. The van der Waals surface area contributed by atoms with Gasteiger partial charge in [0.25, 0.3) is 11.8 Å². The number of carbonyl (C=O) groups excluding carboxylic acids is 2. The van der Waals surface area contributed by atoms with Crippen LogP contribution in [0.15, 0.2) is 48.5 Å². The maximum Gasteiger partial charge on any atom is 0.259 e. The molecule has 7 heteroatoms. The number of ether oxygens (including phenoxy) is 1. The third-order valence-corrected chi connectivity index (χ3v) is 6.51. The average Bonchev–Trinajstić information content (AvgIpc) is 2.92. The van der Waals surface area contributed by atoms with Crippen LogP contribution in [0.1, 0.15) is 73.6 Å². The molecular formula is C29H46N3O4+. The van der Waals surface area contributed by atoms with Gasteiger partial charge < -0.3 is 25.0 Å². The van der Waals surface area contributed by atoms with Gasteiger partial charge in [-0.25, -0.2) is 0 Å². The summed E-state index contributed by atoms with van der Waals surface area (Å²) in [6, 6.07) is 14.3. The summed E-state index contributed by atoms with van der Waals surface area (Å²) in [6.07, 6.45) is 5.79. The van der Waals surface area contributed by atoms with E-state index < -0.39 is 0 Å². The highest BCUT2D eigenvalue weighted by Crippen LogP contribution is 2.21. The molecule has 0 bridgehead atoms. The number of quaternary nitrogens is 1. The van der Waals surface area contributed by atoms with Gasteiger partial charge in [0, 0.05) is 18.4 Å². The first-order valence-corrected chi connectivity index (χ1v) is 13.1. The molecule has 7 nitrogen and oxygen atoms in total. The molecule has 0 atom stereocenters. The molecule has 3 N–H and O–H groups in total. The van der Waals surface area contributed by atoms with Crippen LogP contribution in [0.5, 0.6) is 5.75 Å². The van der Waals surface area contributed by atoms with Crippen molar-refractivity contribution < 1.29 is 23.9 Å². The maximum atomic E-state index is 12.8. The highest BCUT2D eigenvalue weighted by molar-refractivity contribution is 6.06. The largest absolute Gasteiger partial charge is 0.493 e. The highest BCUT2D eigenvalue weighted by Gasteiger charge is 2.17. The number of carbonyl (C=O) groups is 2. The predicted molar refractivity (Wildman–Crippen MR) is 148 cm³/mol. The zero-order valence-electron chi connectivity index (χ0n) is 22.8. The molecule has 0 unspecified atom stereocenters. The molecule has 0 aliphatic heterocycles. The predicted octanol–water partition coefficient (Wildman–Crippen LogP) is 5.11. The van der Waals surface area contributed by atoms with E-state index in [0.717, 1.165) is 44.1 Å². The number of unbranched alkanes of at least 4 members (excludes halogenated alkanes) is 4. The van der Waals surface area contributed by atoms with Crippen LogP contribution in [-0.4, -0.2) is 68.3 Å². The molecule has 0 fully saturated rings. The third-order valence-electron chi connectivity index (χ3n) is 6.51. The van der Waals surface area contributed by atoms with Gasteiger partial charge in [0.05, 0.1) is 45.4 Å². The fourth-order valence-corrected chi connectivity index (χ4v) is 3.65. The standard InChI is InChI=1S/C28H41N3O3.CH4O/c1-5-8-9-10-13-22-34-26-15-12-11-14-25(26)28(33)30-24-18-16-23(17-19-24)27(32)29-20-21-31(4,6-2)7-3;1-2/h11-12,14-19H,5-10,13,20-22H2,1-4H3,(H-,29,30,32,33);2H,1H3/p+1. The first-order valence-electron chi connectivity index (χ1n) is 13.1. The number of benzene rings is 2. The van der Waals surface area contributed by atoms with Crippen molar-refractivity contribution >= 4 is 17.5 Å². The molecule has 2 aromatic rings. The Bertz CT molecular complexity index is 896. The summed E-state index contributed by atoms with van der Waals surface area (Å²) in [4.78, 5) is 25.3. The van der Waals surface area contributed by atoms with E-state index in [1.54, 1.807) is 30.3 Å². The molecule has 2 amide bonds. The summed E-state index contributed by atoms with van der Waals surface area (Å²) in [5.74, 6) is 0.264. The Morgan fingerprint density at radius 1 is 0.861 bits per heavy atom. The van der Waals surface area contributed by atoms with Gasteiger partial charge >= 0.3 is 0 Å². The Morgan fingerprint density at radius 3 is 2.14 bits per heavy atom. The number of aliphatic hydroxyl groups excluding tert-OH is 1. The average molecular weight is 501 g/mol. The van der Waals surface area contributed by atoms with Gasteiger partial charge in [-0.05, 0) is 56.7 Å². The number of para-hydroxylation sites is 1. The number of hydrogen-bond acceptors (Lipinski definition) is 4. The number of anilines is 1. The second-order valence-corrected chi connectivity index (χ2v) is 9.02. The zero-order valence-corrected chi connectivity index (χ0v) is 22.8. The van der Waals surface area contributed by atoms with Crippen molar-refractivity contribution in [3.8, 4) is 5.75 Å². The van der Waals surface area contributed by atoms with E-state index in [0.29, 0.717) is 35.7 Å². The Hall–Kier alpha value is -2.90. The van der Waals surface area contributed by atoms with Crippen LogP contribution in [0.4, 0.5) is 5.69 Å². The number of amides is 2. The van der Waals surface area contributed by atoms with Crippen molar-refractivity contribution in [2.75, 3.05) is 52.3 Å². The first-order chi connectivity index (χ1) is 17.4. The zero-order chi connectivity index (χ0) is 26.8. The minimum atomic E-state index is -0.227. The lowest BCUT2D eigenvalue weighted by atomic mass is 10.1. The third kappa shape index (κ3) is 10.8. The SMILES string of the molecule is CCCCCCCOc1ccccc1C(=O)Nc1ccc(C(=O)NCC[N+](C)(CC)CC)cc1.CO. The molecule has 0 spiro atoms. The van der Waals surface area contributed by atoms with Crippen LogP contribution in [0.3, 0.4) is 0 Å². The van der Waals surface area contributed by atoms with Crippen LogP contribution in [-0.2, 0) is 0 Å². The van der Waals surface area contributed by atoms with E-state index in [4.69, 9.17) is 9.84 Å². The molecule has 0 radical (unpaired) electrons. The van der Waals surface area contributed by atoms with Crippen molar-refractivity contribution in [3.05, 3.63) is 59.7 Å².